The average Bonchev–Trinajstić information content (AvgIpc) is 2.97. The van der Waals surface area contributed by atoms with Crippen LogP contribution in [-0.2, 0) is 9.53 Å². The molecule has 0 saturated carbocycles. The zero-order valence-corrected chi connectivity index (χ0v) is 17.6. The summed E-state index contributed by atoms with van der Waals surface area (Å²) in [4.78, 5) is 44.6. The summed E-state index contributed by atoms with van der Waals surface area (Å²) >= 11 is 2.57. The summed E-state index contributed by atoms with van der Waals surface area (Å²) in [6.07, 6.45) is 1.99. The zero-order valence-electron chi connectivity index (χ0n) is 16.0. The lowest BCUT2D eigenvalue weighted by molar-refractivity contribution is -0.118. The van der Waals surface area contributed by atoms with E-state index in [1.54, 1.807) is 13.8 Å². The van der Waals surface area contributed by atoms with Crippen molar-refractivity contribution in [3.05, 3.63) is 26.6 Å². The molecule has 7 nitrogen and oxygen atoms in total. The molecule has 0 spiro atoms. The highest BCUT2D eigenvalue weighted by molar-refractivity contribution is 8.00. The number of amides is 1. The standard InChI is InChI=1S/C18H25N3O4S2/c1-5-7-8-19-12(22)9-26-11(4)15-20-16(23)13-10(3)14(18(24)25-6-2)27-17(13)21-15/h11H,5-9H2,1-4H3,(H,19,22)(H,20,21,23)/t11-/m1/s1. The third kappa shape index (κ3) is 5.32. The zero-order chi connectivity index (χ0) is 20.0. The first-order valence-corrected chi connectivity index (χ1v) is 10.8. The van der Waals surface area contributed by atoms with Crippen LogP contribution in [0.5, 0.6) is 0 Å². The second-order valence-corrected chi connectivity index (χ2v) is 8.39. The van der Waals surface area contributed by atoms with Crippen molar-refractivity contribution in [2.75, 3.05) is 18.9 Å². The molecular weight excluding hydrogens is 386 g/mol. The number of hydrogen-bond donors (Lipinski definition) is 2. The van der Waals surface area contributed by atoms with Crippen molar-refractivity contribution in [1.29, 1.82) is 0 Å². The van der Waals surface area contributed by atoms with Gasteiger partial charge in [0, 0.05) is 6.54 Å². The number of nitrogens with one attached hydrogen (secondary N) is 2. The quantitative estimate of drug-likeness (QED) is 0.485. The highest BCUT2D eigenvalue weighted by Crippen LogP contribution is 2.30. The Labute approximate surface area is 166 Å². The number of unbranched alkanes of at least 4 members (excludes halogenated alkanes) is 1. The van der Waals surface area contributed by atoms with Gasteiger partial charge in [0.2, 0.25) is 5.91 Å². The van der Waals surface area contributed by atoms with E-state index in [0.29, 0.717) is 38.8 Å². The summed E-state index contributed by atoms with van der Waals surface area (Å²) in [6, 6.07) is 0. The summed E-state index contributed by atoms with van der Waals surface area (Å²) in [5.41, 5.74) is 0.309. The van der Waals surface area contributed by atoms with Crippen molar-refractivity contribution in [3.8, 4) is 0 Å². The van der Waals surface area contributed by atoms with E-state index in [2.05, 4.69) is 22.2 Å². The third-order valence-electron chi connectivity index (χ3n) is 3.98. The van der Waals surface area contributed by atoms with E-state index in [1.165, 1.54) is 11.8 Å². The number of esters is 1. The molecule has 148 valence electrons. The van der Waals surface area contributed by atoms with Gasteiger partial charge < -0.3 is 15.0 Å². The maximum absolute atomic E-state index is 12.5. The van der Waals surface area contributed by atoms with Gasteiger partial charge in [-0.05, 0) is 32.8 Å². The molecule has 2 aromatic heterocycles. The van der Waals surface area contributed by atoms with Gasteiger partial charge >= 0.3 is 5.97 Å². The van der Waals surface area contributed by atoms with Crippen LogP contribution in [0.2, 0.25) is 0 Å². The normalized spacial score (nSPS) is 12.1. The highest BCUT2D eigenvalue weighted by atomic mass is 32.2. The number of aryl methyl sites for hydroxylation is 1. The van der Waals surface area contributed by atoms with Crippen molar-refractivity contribution in [3.63, 3.8) is 0 Å². The number of aromatic nitrogens is 2. The van der Waals surface area contributed by atoms with Crippen molar-refractivity contribution in [1.82, 2.24) is 15.3 Å². The molecule has 0 aliphatic carbocycles. The number of ether oxygens (including phenoxy) is 1. The van der Waals surface area contributed by atoms with Crippen LogP contribution >= 0.6 is 23.1 Å². The first-order chi connectivity index (χ1) is 12.9. The van der Waals surface area contributed by atoms with E-state index in [0.717, 1.165) is 24.2 Å². The Morgan fingerprint density at radius 1 is 1.37 bits per heavy atom. The maximum atomic E-state index is 12.5. The van der Waals surface area contributed by atoms with Crippen LogP contribution in [-0.4, -0.2) is 40.7 Å². The van der Waals surface area contributed by atoms with Crippen molar-refractivity contribution in [2.45, 2.75) is 45.8 Å². The van der Waals surface area contributed by atoms with E-state index >= 15 is 0 Å². The molecule has 2 rings (SSSR count). The number of carbonyl (C=O) groups excluding carboxylic acids is 2. The predicted molar refractivity (Wildman–Crippen MR) is 110 cm³/mol. The molecule has 9 heteroatoms. The van der Waals surface area contributed by atoms with E-state index in [-0.39, 0.29) is 23.3 Å². The summed E-state index contributed by atoms with van der Waals surface area (Å²) in [6.45, 7) is 8.37. The summed E-state index contributed by atoms with van der Waals surface area (Å²) in [7, 11) is 0. The second kappa shape index (κ2) is 9.89. The number of aromatic amines is 1. The molecule has 0 aliphatic rings. The minimum atomic E-state index is -0.440. The smallest absolute Gasteiger partial charge is 0.348 e. The molecule has 0 aromatic carbocycles. The molecule has 27 heavy (non-hydrogen) atoms. The lowest BCUT2D eigenvalue weighted by atomic mass is 10.2. The first-order valence-electron chi connectivity index (χ1n) is 8.97. The van der Waals surface area contributed by atoms with Crippen molar-refractivity contribution in [2.24, 2.45) is 0 Å². The number of thioether (sulfide) groups is 1. The maximum Gasteiger partial charge on any atom is 0.348 e. The Morgan fingerprint density at radius 3 is 2.78 bits per heavy atom. The van der Waals surface area contributed by atoms with Gasteiger partial charge in [-0.1, -0.05) is 13.3 Å². The number of thiophene rings is 1. The Morgan fingerprint density at radius 2 is 2.11 bits per heavy atom. The Bertz CT molecular complexity index is 875. The van der Waals surface area contributed by atoms with E-state index in [4.69, 9.17) is 4.74 Å². The van der Waals surface area contributed by atoms with E-state index in [9.17, 15) is 14.4 Å². The van der Waals surface area contributed by atoms with Crippen LogP contribution in [0.1, 0.15) is 59.9 Å². The monoisotopic (exact) mass is 411 g/mol. The summed E-state index contributed by atoms with van der Waals surface area (Å²) in [5.74, 6) is 0.324. The molecule has 1 amide bonds. The molecule has 0 aliphatic heterocycles. The number of H-pyrrole nitrogens is 1. The molecule has 0 saturated heterocycles. The molecule has 2 aromatic rings. The van der Waals surface area contributed by atoms with Crippen LogP contribution < -0.4 is 10.9 Å². The SMILES string of the molecule is CCCCNC(=O)CS[C@H](C)c1nc2sc(C(=O)OCC)c(C)c2c(=O)[nH]1. The fraction of sp³-hybridized carbons (Fsp3) is 0.556. The molecule has 0 radical (unpaired) electrons. The number of hydrogen-bond acceptors (Lipinski definition) is 7. The van der Waals surface area contributed by atoms with E-state index < -0.39 is 5.97 Å². The molecule has 2 heterocycles. The van der Waals surface area contributed by atoms with Crippen LogP contribution in [0.15, 0.2) is 4.79 Å². The number of rotatable bonds is 9. The molecule has 0 bridgehead atoms. The fourth-order valence-corrected chi connectivity index (χ4v) is 4.34. The molecule has 0 unspecified atom stereocenters. The van der Waals surface area contributed by atoms with Crippen LogP contribution in [0.3, 0.4) is 0 Å². The number of fused-ring (bicyclic) bond motifs is 1. The van der Waals surface area contributed by atoms with Crippen LogP contribution in [0.4, 0.5) is 0 Å². The lowest BCUT2D eigenvalue weighted by Crippen LogP contribution is -2.26. The topological polar surface area (TPSA) is 101 Å². The van der Waals surface area contributed by atoms with Gasteiger partial charge in [0.15, 0.2) is 0 Å². The minimum absolute atomic E-state index is 0.0275. The minimum Gasteiger partial charge on any atom is -0.462 e. The number of carbonyl (C=O) groups is 2. The largest absolute Gasteiger partial charge is 0.462 e. The van der Waals surface area contributed by atoms with Gasteiger partial charge in [-0.25, -0.2) is 9.78 Å². The van der Waals surface area contributed by atoms with Gasteiger partial charge in [0.05, 0.1) is 23.0 Å². The summed E-state index contributed by atoms with van der Waals surface area (Å²) in [5, 5.41) is 3.12. The highest BCUT2D eigenvalue weighted by Gasteiger charge is 2.21. The van der Waals surface area contributed by atoms with Gasteiger partial charge in [0.1, 0.15) is 15.5 Å². The first kappa shape index (κ1) is 21.4. The average molecular weight is 412 g/mol. The number of nitrogens with zero attached hydrogens (tertiary/aromatic N) is 1. The van der Waals surface area contributed by atoms with Crippen molar-refractivity contribution >= 4 is 45.2 Å². The Balaban J connectivity index is 2.16. The van der Waals surface area contributed by atoms with Crippen LogP contribution in [0.25, 0.3) is 10.2 Å². The third-order valence-corrected chi connectivity index (χ3v) is 6.30. The summed E-state index contributed by atoms with van der Waals surface area (Å²) < 4.78 is 5.04. The fourth-order valence-electron chi connectivity index (χ4n) is 2.48. The Kier molecular flexibility index (Phi) is 7.85. The van der Waals surface area contributed by atoms with Crippen LogP contribution in [0, 0.1) is 6.92 Å². The second-order valence-electron chi connectivity index (χ2n) is 6.06. The van der Waals surface area contributed by atoms with Crippen molar-refractivity contribution < 1.29 is 14.3 Å². The van der Waals surface area contributed by atoms with Gasteiger partial charge in [0.25, 0.3) is 5.56 Å². The molecular formula is C18H25N3O4S2. The van der Waals surface area contributed by atoms with Gasteiger partial charge in [-0.15, -0.1) is 23.1 Å². The Hall–Kier alpha value is -1.87. The van der Waals surface area contributed by atoms with E-state index in [1.807, 2.05) is 6.92 Å². The molecule has 0 fully saturated rings. The van der Waals surface area contributed by atoms with Gasteiger partial charge in [-0.3, -0.25) is 9.59 Å². The predicted octanol–water partition coefficient (Wildman–Crippen LogP) is 3.18. The lowest BCUT2D eigenvalue weighted by Gasteiger charge is -2.10. The molecule has 2 N–H and O–H groups in total. The van der Waals surface area contributed by atoms with Gasteiger partial charge in [-0.2, -0.15) is 0 Å². The molecule has 1 atom stereocenters.